The molecule has 2 N–H and O–H groups in total. The number of pyridine rings is 1. The number of hydrogen-bond acceptors (Lipinski definition) is 3. The molecule has 0 aliphatic rings. The first-order chi connectivity index (χ1) is 7.56. The average molecular weight is 262 g/mol. The van der Waals surface area contributed by atoms with Crippen molar-refractivity contribution in [3.05, 3.63) is 28.0 Å². The van der Waals surface area contributed by atoms with Gasteiger partial charge in [-0.2, -0.15) is 0 Å². The zero-order valence-corrected chi connectivity index (χ0v) is 10.4. The van der Waals surface area contributed by atoms with Gasteiger partial charge in [0.2, 0.25) is 0 Å². The molecular formula is C10H13Cl2N3O. The molecule has 0 aliphatic carbocycles. The van der Waals surface area contributed by atoms with Gasteiger partial charge in [0.1, 0.15) is 5.15 Å². The number of aromatic nitrogens is 1. The second-order valence-electron chi connectivity index (χ2n) is 3.34. The fraction of sp³-hybridized carbons (Fsp3) is 0.400. The largest absolute Gasteiger partial charge is 0.277 e. The number of rotatable bonds is 4. The highest BCUT2D eigenvalue weighted by molar-refractivity contribution is 6.34. The number of hydrazine groups is 1. The lowest BCUT2D eigenvalue weighted by atomic mass is 10.2. The van der Waals surface area contributed by atoms with Crippen molar-refractivity contribution < 1.29 is 4.79 Å². The van der Waals surface area contributed by atoms with Crippen molar-refractivity contribution in [1.29, 1.82) is 0 Å². The molecule has 4 nitrogen and oxygen atoms in total. The Bertz CT molecular complexity index is 384. The molecule has 0 fully saturated rings. The van der Waals surface area contributed by atoms with E-state index in [-0.39, 0.29) is 16.6 Å². The van der Waals surface area contributed by atoms with Crippen LogP contribution >= 0.6 is 23.2 Å². The van der Waals surface area contributed by atoms with E-state index in [1.807, 2.05) is 6.92 Å². The van der Waals surface area contributed by atoms with Crippen LogP contribution in [0.25, 0.3) is 0 Å². The number of amides is 1. The first kappa shape index (κ1) is 13.2. The lowest BCUT2D eigenvalue weighted by Crippen LogP contribution is -2.38. The molecule has 1 aromatic heterocycles. The van der Waals surface area contributed by atoms with Crippen molar-refractivity contribution in [2.75, 3.05) is 6.54 Å². The summed E-state index contributed by atoms with van der Waals surface area (Å²) in [6, 6.07) is 1.46. The van der Waals surface area contributed by atoms with Gasteiger partial charge < -0.3 is 0 Å². The lowest BCUT2D eigenvalue weighted by molar-refractivity contribution is 0.0753. The Morgan fingerprint density at radius 2 is 2.25 bits per heavy atom. The number of carbonyl (C=O) groups is 1. The smallest absolute Gasteiger partial charge is 0.270 e. The molecule has 6 heteroatoms. The summed E-state index contributed by atoms with van der Waals surface area (Å²) in [5.41, 5.74) is 0.229. The van der Waals surface area contributed by atoms with Gasteiger partial charge in [-0.05, 0) is 12.5 Å². The molecule has 0 saturated carbocycles. The molecule has 1 aromatic rings. The monoisotopic (exact) mass is 261 g/mol. The van der Waals surface area contributed by atoms with Crippen molar-refractivity contribution in [2.24, 2.45) is 5.84 Å². The fourth-order valence-electron chi connectivity index (χ4n) is 1.16. The van der Waals surface area contributed by atoms with Gasteiger partial charge in [-0.15, -0.1) is 0 Å². The summed E-state index contributed by atoms with van der Waals surface area (Å²) in [7, 11) is 0. The van der Waals surface area contributed by atoms with Crippen molar-refractivity contribution in [2.45, 2.75) is 19.8 Å². The van der Waals surface area contributed by atoms with E-state index in [1.165, 1.54) is 12.3 Å². The molecule has 0 saturated heterocycles. The van der Waals surface area contributed by atoms with Gasteiger partial charge in [-0.3, -0.25) is 9.80 Å². The molecule has 0 radical (unpaired) electrons. The predicted molar refractivity (Wildman–Crippen MR) is 64.4 cm³/mol. The highest BCUT2D eigenvalue weighted by atomic mass is 35.5. The van der Waals surface area contributed by atoms with Crippen LogP contribution in [0.2, 0.25) is 10.2 Å². The van der Waals surface area contributed by atoms with E-state index in [9.17, 15) is 4.79 Å². The van der Waals surface area contributed by atoms with Gasteiger partial charge in [0.05, 0.1) is 10.6 Å². The maximum absolute atomic E-state index is 11.8. The molecule has 1 heterocycles. The Morgan fingerprint density at radius 3 is 2.88 bits per heavy atom. The van der Waals surface area contributed by atoms with Gasteiger partial charge >= 0.3 is 0 Å². The van der Waals surface area contributed by atoms with E-state index in [0.717, 1.165) is 17.9 Å². The third-order valence-corrected chi connectivity index (χ3v) is 2.56. The summed E-state index contributed by atoms with van der Waals surface area (Å²) in [4.78, 5) is 15.6. The number of hydrogen-bond donors (Lipinski definition) is 1. The van der Waals surface area contributed by atoms with E-state index in [1.54, 1.807) is 0 Å². The molecular weight excluding hydrogens is 249 g/mol. The summed E-state index contributed by atoms with van der Waals surface area (Å²) < 4.78 is 0. The van der Waals surface area contributed by atoms with E-state index < -0.39 is 0 Å². The Balaban J connectivity index is 2.83. The van der Waals surface area contributed by atoms with Gasteiger partial charge in [0.25, 0.3) is 5.91 Å². The summed E-state index contributed by atoms with van der Waals surface area (Å²) in [5.74, 6) is 5.24. The Labute approximate surface area is 104 Å². The third kappa shape index (κ3) is 3.33. The van der Waals surface area contributed by atoms with Crippen LogP contribution < -0.4 is 5.84 Å². The van der Waals surface area contributed by atoms with Crippen LogP contribution in [0.4, 0.5) is 0 Å². The summed E-state index contributed by atoms with van der Waals surface area (Å²) in [6.07, 6.45) is 3.18. The molecule has 1 amide bonds. The quantitative estimate of drug-likeness (QED) is 0.392. The van der Waals surface area contributed by atoms with Crippen molar-refractivity contribution in [3.8, 4) is 0 Å². The van der Waals surface area contributed by atoms with Crippen LogP contribution in [0.5, 0.6) is 0 Å². The maximum Gasteiger partial charge on any atom is 0.270 e. The second kappa shape index (κ2) is 6.03. The minimum atomic E-state index is -0.367. The SMILES string of the molecule is CCCCN(N)C(=O)c1cc(Cl)cnc1Cl. The predicted octanol–water partition coefficient (Wildman–Crippen LogP) is 2.50. The van der Waals surface area contributed by atoms with Gasteiger partial charge in [-0.1, -0.05) is 36.5 Å². The number of unbranched alkanes of at least 4 members (excludes halogenated alkanes) is 1. The Hall–Kier alpha value is -0.840. The zero-order valence-electron chi connectivity index (χ0n) is 8.91. The van der Waals surface area contributed by atoms with Gasteiger partial charge in [-0.25, -0.2) is 10.8 Å². The molecule has 0 unspecified atom stereocenters. The van der Waals surface area contributed by atoms with E-state index in [4.69, 9.17) is 29.0 Å². The highest BCUT2D eigenvalue weighted by Gasteiger charge is 2.16. The molecule has 16 heavy (non-hydrogen) atoms. The van der Waals surface area contributed by atoms with Crippen LogP contribution in [-0.4, -0.2) is 22.4 Å². The van der Waals surface area contributed by atoms with Crippen LogP contribution in [0.15, 0.2) is 12.3 Å². The molecule has 1 rings (SSSR count). The Morgan fingerprint density at radius 1 is 1.56 bits per heavy atom. The fourth-order valence-corrected chi connectivity index (χ4v) is 1.50. The van der Waals surface area contributed by atoms with Gasteiger partial charge in [0, 0.05) is 12.7 Å². The van der Waals surface area contributed by atoms with Gasteiger partial charge in [0.15, 0.2) is 0 Å². The van der Waals surface area contributed by atoms with Crippen LogP contribution in [0.1, 0.15) is 30.1 Å². The normalized spacial score (nSPS) is 10.2. The first-order valence-electron chi connectivity index (χ1n) is 4.94. The number of nitrogens with two attached hydrogens (primary N) is 1. The molecule has 0 aliphatic heterocycles. The van der Waals surface area contributed by atoms with Crippen molar-refractivity contribution in [1.82, 2.24) is 9.99 Å². The molecule has 0 atom stereocenters. The minimum Gasteiger partial charge on any atom is -0.277 e. The summed E-state index contributed by atoms with van der Waals surface area (Å²) in [5, 5.41) is 1.60. The number of carbonyl (C=O) groups excluding carboxylic acids is 1. The number of halogens is 2. The molecule has 88 valence electrons. The second-order valence-corrected chi connectivity index (χ2v) is 4.14. The lowest BCUT2D eigenvalue weighted by Gasteiger charge is -2.16. The van der Waals surface area contributed by atoms with E-state index >= 15 is 0 Å². The standard InChI is InChI=1S/C10H13Cl2N3O/c1-2-3-4-15(13)10(16)8-5-7(11)6-14-9(8)12/h5-6H,2-4,13H2,1H3. The van der Waals surface area contributed by atoms with Crippen LogP contribution in [0.3, 0.4) is 0 Å². The van der Waals surface area contributed by atoms with E-state index in [2.05, 4.69) is 4.98 Å². The van der Waals surface area contributed by atoms with Crippen molar-refractivity contribution in [3.63, 3.8) is 0 Å². The maximum atomic E-state index is 11.8. The topological polar surface area (TPSA) is 59.2 Å². The first-order valence-corrected chi connectivity index (χ1v) is 5.69. The van der Waals surface area contributed by atoms with Crippen molar-refractivity contribution >= 4 is 29.1 Å². The van der Waals surface area contributed by atoms with Crippen LogP contribution in [-0.2, 0) is 0 Å². The molecule has 0 aromatic carbocycles. The van der Waals surface area contributed by atoms with E-state index in [0.29, 0.717) is 11.6 Å². The summed E-state index contributed by atoms with van der Waals surface area (Å²) in [6.45, 7) is 2.50. The third-order valence-electron chi connectivity index (χ3n) is 2.05. The molecule has 0 bridgehead atoms. The minimum absolute atomic E-state index is 0.112. The highest BCUT2D eigenvalue weighted by Crippen LogP contribution is 2.18. The molecule has 0 spiro atoms. The summed E-state index contributed by atoms with van der Waals surface area (Å²) >= 11 is 11.5. The van der Waals surface area contributed by atoms with Crippen LogP contribution in [0, 0.1) is 0 Å². The Kier molecular flexibility index (Phi) is 4.99. The average Bonchev–Trinajstić information content (AvgIpc) is 2.28. The zero-order chi connectivity index (χ0) is 12.1. The number of nitrogens with zero attached hydrogens (tertiary/aromatic N) is 2.